The van der Waals surface area contributed by atoms with Gasteiger partial charge in [0.25, 0.3) is 0 Å². The van der Waals surface area contributed by atoms with Gasteiger partial charge in [-0.05, 0) is 48.4 Å². The van der Waals surface area contributed by atoms with Crippen LogP contribution in [0.3, 0.4) is 0 Å². The van der Waals surface area contributed by atoms with Crippen LogP contribution in [-0.4, -0.2) is 60.1 Å². The van der Waals surface area contributed by atoms with E-state index in [0.717, 1.165) is 9.87 Å². The Balaban J connectivity index is 1.74. The highest BCUT2D eigenvalue weighted by atomic mass is 32.2. The fourth-order valence-electron chi connectivity index (χ4n) is 2.66. The molecule has 0 aromatic heterocycles. The van der Waals surface area contributed by atoms with E-state index in [1.54, 1.807) is 26.4 Å². The Kier molecular flexibility index (Phi) is 8.49. The largest absolute Gasteiger partial charge is 0.493 e. The van der Waals surface area contributed by atoms with Crippen LogP contribution in [-0.2, 0) is 21.2 Å². The van der Waals surface area contributed by atoms with E-state index in [0.29, 0.717) is 36.6 Å². The molecule has 2 aromatic carbocycles. The number of sulfonamides is 1. The summed E-state index contributed by atoms with van der Waals surface area (Å²) in [6.45, 7) is 0.629. The van der Waals surface area contributed by atoms with Gasteiger partial charge in [-0.25, -0.2) is 12.7 Å². The van der Waals surface area contributed by atoms with Crippen LogP contribution in [0.2, 0.25) is 0 Å². The van der Waals surface area contributed by atoms with Gasteiger partial charge in [0.05, 0.1) is 25.7 Å². The quantitative estimate of drug-likeness (QED) is 0.542. The number of benzene rings is 2. The van der Waals surface area contributed by atoms with Gasteiger partial charge in [-0.1, -0.05) is 6.07 Å². The van der Waals surface area contributed by atoms with Crippen molar-refractivity contribution in [2.75, 3.05) is 41.5 Å². The molecule has 30 heavy (non-hydrogen) atoms. The SMILES string of the molecule is COc1ccc(CCC(=O)NCCOc2ccc(S(=O)(=O)N(C)C)cc2)cc1OC. The molecular formula is C21H28N2O6S. The summed E-state index contributed by atoms with van der Waals surface area (Å²) in [4.78, 5) is 12.2. The lowest BCUT2D eigenvalue weighted by atomic mass is 10.1. The maximum Gasteiger partial charge on any atom is 0.242 e. The minimum absolute atomic E-state index is 0.0826. The van der Waals surface area contributed by atoms with Gasteiger partial charge < -0.3 is 19.5 Å². The zero-order valence-electron chi connectivity index (χ0n) is 17.7. The Bertz CT molecular complexity index is 942. The molecule has 8 nitrogen and oxygen atoms in total. The lowest BCUT2D eigenvalue weighted by Gasteiger charge is -2.12. The molecule has 0 saturated heterocycles. The standard InChI is InChI=1S/C21H28N2O6S/c1-23(2)30(25,26)18-9-7-17(8-10-18)29-14-13-22-21(24)12-6-16-5-11-19(27-3)20(15-16)28-4/h5,7-11,15H,6,12-14H2,1-4H3,(H,22,24). The number of methoxy groups -OCH3 is 2. The topological polar surface area (TPSA) is 94.2 Å². The van der Waals surface area contributed by atoms with Crippen LogP contribution < -0.4 is 19.5 Å². The van der Waals surface area contributed by atoms with E-state index >= 15 is 0 Å². The van der Waals surface area contributed by atoms with Gasteiger partial charge in [0, 0.05) is 20.5 Å². The zero-order chi connectivity index (χ0) is 22.1. The van der Waals surface area contributed by atoms with Crippen LogP contribution >= 0.6 is 0 Å². The van der Waals surface area contributed by atoms with Gasteiger partial charge in [0.1, 0.15) is 12.4 Å². The van der Waals surface area contributed by atoms with Crippen molar-refractivity contribution in [1.82, 2.24) is 9.62 Å². The van der Waals surface area contributed by atoms with Crippen LogP contribution in [0, 0.1) is 0 Å². The zero-order valence-corrected chi connectivity index (χ0v) is 18.5. The van der Waals surface area contributed by atoms with Crippen molar-refractivity contribution < 1.29 is 27.4 Å². The van der Waals surface area contributed by atoms with E-state index in [1.807, 2.05) is 18.2 Å². The number of amides is 1. The van der Waals surface area contributed by atoms with Crippen LogP contribution in [0.1, 0.15) is 12.0 Å². The molecule has 0 unspecified atom stereocenters. The number of nitrogens with one attached hydrogen (secondary N) is 1. The first-order valence-electron chi connectivity index (χ1n) is 9.41. The first kappa shape index (κ1) is 23.5. The van der Waals surface area contributed by atoms with Gasteiger partial charge in [-0.2, -0.15) is 0 Å². The van der Waals surface area contributed by atoms with E-state index in [2.05, 4.69) is 5.32 Å². The number of nitrogens with zero attached hydrogens (tertiary/aromatic N) is 1. The summed E-state index contributed by atoms with van der Waals surface area (Å²) < 4.78 is 41.2. The van der Waals surface area contributed by atoms with Gasteiger partial charge in [-0.3, -0.25) is 4.79 Å². The predicted molar refractivity (Wildman–Crippen MR) is 114 cm³/mol. The molecule has 0 aliphatic heterocycles. The molecule has 0 aliphatic rings. The van der Waals surface area contributed by atoms with Gasteiger partial charge in [0.2, 0.25) is 15.9 Å². The Labute approximate surface area is 177 Å². The summed E-state index contributed by atoms with van der Waals surface area (Å²) in [5.41, 5.74) is 0.979. The molecule has 9 heteroatoms. The second kappa shape index (κ2) is 10.8. The third-order valence-corrected chi connectivity index (χ3v) is 6.21. The Morgan fingerprint density at radius 2 is 1.67 bits per heavy atom. The van der Waals surface area contributed by atoms with Crippen LogP contribution in [0.15, 0.2) is 47.4 Å². The predicted octanol–water partition coefficient (Wildman–Crippen LogP) is 2.08. The van der Waals surface area contributed by atoms with Crippen molar-refractivity contribution >= 4 is 15.9 Å². The average molecular weight is 437 g/mol. The highest BCUT2D eigenvalue weighted by molar-refractivity contribution is 7.89. The summed E-state index contributed by atoms with van der Waals surface area (Å²) in [7, 11) is 2.65. The molecule has 2 rings (SSSR count). The number of ether oxygens (including phenoxy) is 3. The summed E-state index contributed by atoms with van der Waals surface area (Å²) in [5, 5.41) is 2.80. The number of aryl methyl sites for hydroxylation is 1. The first-order valence-corrected chi connectivity index (χ1v) is 10.8. The third kappa shape index (κ3) is 6.36. The van der Waals surface area contributed by atoms with Crippen molar-refractivity contribution in [1.29, 1.82) is 0 Å². The smallest absolute Gasteiger partial charge is 0.242 e. The summed E-state index contributed by atoms with van der Waals surface area (Å²) >= 11 is 0. The average Bonchev–Trinajstić information content (AvgIpc) is 2.75. The molecule has 0 heterocycles. The molecule has 0 atom stereocenters. The minimum Gasteiger partial charge on any atom is -0.493 e. The van der Waals surface area contributed by atoms with Crippen molar-refractivity contribution in [2.24, 2.45) is 0 Å². The second-order valence-corrected chi connectivity index (χ2v) is 8.80. The maximum atomic E-state index is 12.0. The molecule has 0 spiro atoms. The molecule has 0 fully saturated rings. The fraction of sp³-hybridized carbons (Fsp3) is 0.381. The van der Waals surface area contributed by atoms with Gasteiger partial charge in [-0.15, -0.1) is 0 Å². The molecule has 0 aliphatic carbocycles. The lowest BCUT2D eigenvalue weighted by Crippen LogP contribution is -2.28. The number of hydrogen-bond donors (Lipinski definition) is 1. The highest BCUT2D eigenvalue weighted by Crippen LogP contribution is 2.27. The normalized spacial score (nSPS) is 11.2. The van der Waals surface area contributed by atoms with Crippen molar-refractivity contribution in [3.8, 4) is 17.2 Å². The number of rotatable bonds is 11. The summed E-state index contributed by atoms with van der Waals surface area (Å²) in [5.74, 6) is 1.73. The highest BCUT2D eigenvalue weighted by Gasteiger charge is 2.16. The first-order chi connectivity index (χ1) is 14.3. The minimum atomic E-state index is -3.46. The van der Waals surface area contributed by atoms with Crippen LogP contribution in [0.4, 0.5) is 0 Å². The summed E-state index contributed by atoms with van der Waals surface area (Å²) in [6, 6.07) is 11.7. The fourth-order valence-corrected chi connectivity index (χ4v) is 3.56. The molecular weight excluding hydrogens is 408 g/mol. The second-order valence-electron chi connectivity index (χ2n) is 6.65. The molecule has 0 radical (unpaired) electrons. The molecule has 1 amide bonds. The monoisotopic (exact) mass is 436 g/mol. The van der Waals surface area contributed by atoms with Crippen molar-refractivity contribution in [3.05, 3.63) is 48.0 Å². The molecule has 0 saturated carbocycles. The van der Waals surface area contributed by atoms with Crippen molar-refractivity contribution in [2.45, 2.75) is 17.7 Å². The van der Waals surface area contributed by atoms with Crippen LogP contribution in [0.5, 0.6) is 17.2 Å². The van der Waals surface area contributed by atoms with E-state index < -0.39 is 10.0 Å². The summed E-state index contributed by atoms with van der Waals surface area (Å²) in [6.07, 6.45) is 0.918. The molecule has 0 bridgehead atoms. The lowest BCUT2D eigenvalue weighted by molar-refractivity contribution is -0.121. The maximum absolute atomic E-state index is 12.0. The van der Waals surface area contributed by atoms with E-state index in [9.17, 15) is 13.2 Å². The number of carbonyl (C=O) groups excluding carboxylic acids is 1. The Morgan fingerprint density at radius 3 is 2.27 bits per heavy atom. The van der Waals surface area contributed by atoms with Gasteiger partial charge >= 0.3 is 0 Å². The molecule has 164 valence electrons. The van der Waals surface area contributed by atoms with Crippen molar-refractivity contribution in [3.63, 3.8) is 0 Å². The van der Waals surface area contributed by atoms with E-state index in [4.69, 9.17) is 14.2 Å². The molecule has 1 N–H and O–H groups in total. The van der Waals surface area contributed by atoms with E-state index in [1.165, 1.54) is 26.2 Å². The molecule has 2 aromatic rings. The number of carbonyl (C=O) groups is 1. The third-order valence-electron chi connectivity index (χ3n) is 4.38. The Morgan fingerprint density at radius 1 is 1.00 bits per heavy atom. The van der Waals surface area contributed by atoms with Crippen LogP contribution in [0.25, 0.3) is 0 Å². The van der Waals surface area contributed by atoms with E-state index in [-0.39, 0.29) is 17.4 Å². The number of hydrogen-bond acceptors (Lipinski definition) is 6. The van der Waals surface area contributed by atoms with Gasteiger partial charge in [0.15, 0.2) is 11.5 Å². The Hall–Kier alpha value is -2.78.